The molecule has 0 aliphatic carbocycles. The van der Waals surface area contributed by atoms with Gasteiger partial charge in [0.05, 0.1) is 5.92 Å². The van der Waals surface area contributed by atoms with E-state index in [-0.39, 0.29) is 11.8 Å². The Hall–Kier alpha value is -3.56. The fraction of sp³-hybridized carbons (Fsp3) is 0.375. The van der Waals surface area contributed by atoms with Crippen LogP contribution in [0.1, 0.15) is 31.2 Å². The molecule has 3 aromatic rings. The molecule has 2 N–H and O–H groups in total. The number of aryl methyl sites for hydroxylation is 1. The topological polar surface area (TPSA) is 87.5 Å². The summed E-state index contributed by atoms with van der Waals surface area (Å²) in [6.07, 6.45) is 2.55. The van der Waals surface area contributed by atoms with E-state index in [4.69, 9.17) is 9.90 Å². The van der Waals surface area contributed by atoms with Gasteiger partial charge in [-0.15, -0.1) is 0 Å². The number of carboxylic acids is 1. The predicted molar refractivity (Wildman–Crippen MR) is 122 cm³/mol. The molecule has 1 aliphatic rings. The Labute approximate surface area is 195 Å². The molecular formula is C24H27F3N4O3. The van der Waals surface area contributed by atoms with Gasteiger partial charge in [-0.3, -0.25) is 9.78 Å². The zero-order valence-corrected chi connectivity index (χ0v) is 18.9. The van der Waals surface area contributed by atoms with Crippen molar-refractivity contribution in [3.05, 3.63) is 60.6 Å². The van der Waals surface area contributed by atoms with Crippen molar-refractivity contribution >= 4 is 28.5 Å². The highest BCUT2D eigenvalue weighted by Crippen LogP contribution is 2.29. The maximum atomic E-state index is 13.1. The van der Waals surface area contributed by atoms with Crippen LogP contribution in [0.25, 0.3) is 10.9 Å². The molecule has 1 amide bonds. The quantitative estimate of drug-likeness (QED) is 0.582. The molecule has 0 bridgehead atoms. The molecule has 1 saturated heterocycles. The van der Waals surface area contributed by atoms with Gasteiger partial charge in [-0.2, -0.15) is 13.2 Å². The Morgan fingerprint density at radius 3 is 2.29 bits per heavy atom. The number of anilines is 1. The second-order valence-electron chi connectivity index (χ2n) is 8.22. The Morgan fingerprint density at radius 2 is 1.71 bits per heavy atom. The first-order valence-corrected chi connectivity index (χ1v) is 10.9. The summed E-state index contributed by atoms with van der Waals surface area (Å²) < 4.78 is 33.8. The first-order chi connectivity index (χ1) is 16.1. The van der Waals surface area contributed by atoms with Gasteiger partial charge in [-0.1, -0.05) is 18.2 Å². The Kier molecular flexibility index (Phi) is 7.80. The van der Waals surface area contributed by atoms with E-state index in [9.17, 15) is 18.0 Å². The van der Waals surface area contributed by atoms with Gasteiger partial charge >= 0.3 is 12.1 Å². The van der Waals surface area contributed by atoms with Crippen LogP contribution in [-0.4, -0.2) is 56.7 Å². The number of pyridine rings is 1. The van der Waals surface area contributed by atoms with Crippen molar-refractivity contribution in [2.75, 3.05) is 18.4 Å². The van der Waals surface area contributed by atoms with E-state index in [1.54, 1.807) is 12.4 Å². The smallest absolute Gasteiger partial charge is 0.475 e. The van der Waals surface area contributed by atoms with E-state index >= 15 is 0 Å². The number of piperidine rings is 1. The number of alkyl halides is 3. The van der Waals surface area contributed by atoms with Crippen molar-refractivity contribution in [3.63, 3.8) is 0 Å². The molecular weight excluding hydrogens is 449 g/mol. The summed E-state index contributed by atoms with van der Waals surface area (Å²) in [6, 6.07) is 12.7. The molecule has 4 rings (SSSR count). The van der Waals surface area contributed by atoms with E-state index < -0.39 is 12.1 Å². The van der Waals surface area contributed by atoms with Crippen LogP contribution in [-0.2, 0) is 16.6 Å². The number of halogens is 3. The standard InChI is InChI=1S/C22H26N4O.C2HF3O2/c1-16(20-15-25(2)21-6-4-3-5-19(20)21)22(27)26-13-9-18(10-14-26)24-17-7-11-23-12-8-17;3-2(4,5)1(6)7/h3-8,11-12,15-16,18H,9-10,13-14H2,1-2H3,(H,23,24);(H,6,7). The lowest BCUT2D eigenvalue weighted by Gasteiger charge is -2.34. The minimum atomic E-state index is -5.08. The van der Waals surface area contributed by atoms with Crippen molar-refractivity contribution < 1.29 is 27.9 Å². The third-order valence-corrected chi connectivity index (χ3v) is 5.86. The van der Waals surface area contributed by atoms with E-state index in [1.165, 1.54) is 10.9 Å². The lowest BCUT2D eigenvalue weighted by molar-refractivity contribution is -0.192. The Morgan fingerprint density at radius 1 is 1.12 bits per heavy atom. The number of likely N-dealkylation sites (tertiary alicyclic amines) is 1. The molecule has 1 atom stereocenters. The number of nitrogens with one attached hydrogen (secondary N) is 1. The van der Waals surface area contributed by atoms with Crippen LogP contribution in [0.5, 0.6) is 0 Å². The van der Waals surface area contributed by atoms with Gasteiger partial charge in [0, 0.05) is 61.4 Å². The molecule has 10 heteroatoms. The summed E-state index contributed by atoms with van der Waals surface area (Å²) in [6.45, 7) is 3.64. The van der Waals surface area contributed by atoms with Crippen LogP contribution in [0.2, 0.25) is 0 Å². The van der Waals surface area contributed by atoms with Crippen molar-refractivity contribution in [1.29, 1.82) is 0 Å². The number of nitrogens with zero attached hydrogens (tertiary/aromatic N) is 3. The first kappa shape index (κ1) is 25.1. The number of amides is 1. The summed E-state index contributed by atoms with van der Waals surface area (Å²) in [4.78, 5) is 28.1. The highest BCUT2D eigenvalue weighted by molar-refractivity contribution is 5.92. The molecule has 0 spiro atoms. The second-order valence-corrected chi connectivity index (χ2v) is 8.22. The summed E-state index contributed by atoms with van der Waals surface area (Å²) in [5, 5.41) is 11.8. The van der Waals surface area contributed by atoms with Crippen LogP contribution in [0.3, 0.4) is 0 Å². The van der Waals surface area contributed by atoms with Gasteiger partial charge < -0.3 is 19.9 Å². The maximum Gasteiger partial charge on any atom is 0.490 e. The summed E-state index contributed by atoms with van der Waals surface area (Å²) in [5.74, 6) is -2.65. The number of carbonyl (C=O) groups excluding carboxylic acids is 1. The largest absolute Gasteiger partial charge is 0.490 e. The number of rotatable bonds is 4. The lowest BCUT2D eigenvalue weighted by atomic mass is 9.97. The van der Waals surface area contributed by atoms with Crippen molar-refractivity contribution in [3.8, 4) is 0 Å². The van der Waals surface area contributed by atoms with Crippen molar-refractivity contribution in [2.24, 2.45) is 7.05 Å². The van der Waals surface area contributed by atoms with Crippen LogP contribution < -0.4 is 5.32 Å². The average molecular weight is 476 g/mol. The first-order valence-electron chi connectivity index (χ1n) is 10.9. The van der Waals surface area contributed by atoms with Crippen LogP contribution >= 0.6 is 0 Å². The van der Waals surface area contributed by atoms with Gasteiger partial charge in [0.15, 0.2) is 0 Å². The highest BCUT2D eigenvalue weighted by atomic mass is 19.4. The van der Waals surface area contributed by atoms with Gasteiger partial charge in [-0.25, -0.2) is 4.79 Å². The molecule has 0 radical (unpaired) electrons. The predicted octanol–water partition coefficient (Wildman–Crippen LogP) is 4.41. The molecule has 1 fully saturated rings. The molecule has 2 aromatic heterocycles. The number of hydrogen-bond acceptors (Lipinski definition) is 4. The van der Waals surface area contributed by atoms with Crippen LogP contribution in [0.4, 0.5) is 18.9 Å². The fourth-order valence-electron chi connectivity index (χ4n) is 4.05. The van der Waals surface area contributed by atoms with Crippen LogP contribution in [0.15, 0.2) is 55.0 Å². The van der Waals surface area contributed by atoms with Crippen molar-refractivity contribution in [1.82, 2.24) is 14.5 Å². The number of para-hydroxylation sites is 1. The number of carboxylic acid groups (broad SMARTS) is 1. The molecule has 1 aliphatic heterocycles. The summed E-state index contributed by atoms with van der Waals surface area (Å²) in [5.41, 5.74) is 3.39. The Balaban J connectivity index is 0.000000406. The number of fused-ring (bicyclic) bond motifs is 1. The second kappa shape index (κ2) is 10.6. The highest BCUT2D eigenvalue weighted by Gasteiger charge is 2.38. The van der Waals surface area contributed by atoms with Gasteiger partial charge in [-0.05, 0) is 43.5 Å². The van der Waals surface area contributed by atoms with Gasteiger partial charge in [0.1, 0.15) is 0 Å². The number of benzene rings is 1. The Bertz CT molecular complexity index is 1120. The molecule has 3 heterocycles. The maximum absolute atomic E-state index is 13.1. The van der Waals surface area contributed by atoms with Crippen molar-refractivity contribution in [2.45, 2.75) is 37.9 Å². The minimum absolute atomic E-state index is 0.124. The summed E-state index contributed by atoms with van der Waals surface area (Å²) in [7, 11) is 2.04. The molecule has 0 saturated carbocycles. The van der Waals surface area contributed by atoms with Crippen LogP contribution in [0, 0.1) is 0 Å². The lowest BCUT2D eigenvalue weighted by Crippen LogP contribution is -2.43. The summed E-state index contributed by atoms with van der Waals surface area (Å²) >= 11 is 0. The van der Waals surface area contributed by atoms with E-state index in [2.05, 4.69) is 33.2 Å². The van der Waals surface area contributed by atoms with Gasteiger partial charge in [0.25, 0.3) is 0 Å². The molecule has 7 nitrogen and oxygen atoms in total. The zero-order valence-electron chi connectivity index (χ0n) is 18.9. The normalized spacial score (nSPS) is 15.4. The van der Waals surface area contributed by atoms with Gasteiger partial charge in [0.2, 0.25) is 5.91 Å². The van der Waals surface area contributed by atoms with E-state index in [0.717, 1.165) is 37.2 Å². The number of aliphatic carboxylic acids is 1. The molecule has 182 valence electrons. The molecule has 1 aromatic carbocycles. The SMILES string of the molecule is CC(C(=O)N1CCC(Nc2ccncc2)CC1)c1cn(C)c2ccccc12.O=C(O)C(F)(F)F. The third kappa shape index (κ3) is 6.06. The van der Waals surface area contributed by atoms with E-state index in [0.29, 0.717) is 6.04 Å². The fourth-order valence-corrected chi connectivity index (χ4v) is 4.05. The zero-order chi connectivity index (χ0) is 24.9. The minimum Gasteiger partial charge on any atom is -0.475 e. The van der Waals surface area contributed by atoms with E-state index in [1.807, 2.05) is 43.1 Å². The monoisotopic (exact) mass is 476 g/mol. The third-order valence-electron chi connectivity index (χ3n) is 5.86. The number of carbonyl (C=O) groups is 2. The molecule has 1 unspecified atom stereocenters. The number of hydrogen-bond donors (Lipinski definition) is 2. The molecule has 34 heavy (non-hydrogen) atoms. The average Bonchev–Trinajstić information content (AvgIpc) is 3.16. The number of aromatic nitrogens is 2.